The number of benzene rings is 1. The van der Waals surface area contributed by atoms with Crippen LogP contribution in [0.2, 0.25) is 0 Å². The van der Waals surface area contributed by atoms with Gasteiger partial charge in [0.25, 0.3) is 5.91 Å². The molecule has 1 N–H and O–H groups in total. The number of rotatable bonds is 5. The van der Waals surface area contributed by atoms with Gasteiger partial charge in [0.2, 0.25) is 0 Å². The second-order valence-electron chi connectivity index (χ2n) is 3.72. The summed E-state index contributed by atoms with van der Waals surface area (Å²) >= 11 is 0. The Balaban J connectivity index is 2.05. The maximum atomic E-state index is 11.9. The molecule has 0 saturated carbocycles. The monoisotopic (exact) mass is 246 g/mol. The number of hydrogen-bond donors (Lipinski definition) is 1. The average Bonchev–Trinajstić information content (AvgIpc) is 2.89. The Morgan fingerprint density at radius 2 is 2.33 bits per heavy atom. The van der Waals surface area contributed by atoms with E-state index in [-0.39, 0.29) is 5.91 Å². The van der Waals surface area contributed by atoms with Gasteiger partial charge in [-0.05, 0) is 24.6 Å². The van der Waals surface area contributed by atoms with Gasteiger partial charge in [-0.3, -0.25) is 4.79 Å². The third-order valence-corrected chi connectivity index (χ3v) is 2.25. The van der Waals surface area contributed by atoms with E-state index in [1.165, 1.54) is 6.26 Å². The predicted octanol–water partition coefficient (Wildman–Crippen LogP) is 2.72. The van der Waals surface area contributed by atoms with Gasteiger partial charge in [0, 0.05) is 11.6 Å². The molecule has 2 aromatic rings. The molecule has 2 rings (SSSR count). The zero-order chi connectivity index (χ0) is 12.8. The van der Waals surface area contributed by atoms with Gasteiger partial charge in [-0.2, -0.15) is 0 Å². The van der Waals surface area contributed by atoms with Gasteiger partial charge in [-0.15, -0.1) is 0 Å². The van der Waals surface area contributed by atoms with Crippen molar-refractivity contribution in [3.8, 4) is 5.75 Å². The minimum atomic E-state index is -0.245. The highest BCUT2D eigenvalue weighted by Gasteiger charge is 2.08. The van der Waals surface area contributed by atoms with Crippen LogP contribution in [0.1, 0.15) is 23.7 Å². The fourth-order valence-electron chi connectivity index (χ4n) is 1.41. The van der Waals surface area contributed by atoms with Crippen molar-refractivity contribution in [2.24, 2.45) is 0 Å². The minimum Gasteiger partial charge on any atom is -0.494 e. The molecule has 0 aliphatic carbocycles. The first-order valence-corrected chi connectivity index (χ1v) is 5.74. The second kappa shape index (κ2) is 5.86. The van der Waals surface area contributed by atoms with E-state index >= 15 is 0 Å². The SMILES string of the molecule is CCCOc1cccc(C(=O)Nc2ccon2)c1. The quantitative estimate of drug-likeness (QED) is 0.881. The Morgan fingerprint density at radius 1 is 1.44 bits per heavy atom. The molecular formula is C13H14N2O3. The summed E-state index contributed by atoms with van der Waals surface area (Å²) in [5, 5.41) is 6.24. The molecule has 0 bridgehead atoms. The van der Waals surface area contributed by atoms with Crippen LogP contribution in [-0.2, 0) is 0 Å². The van der Waals surface area contributed by atoms with Crippen LogP contribution in [0.3, 0.4) is 0 Å². The van der Waals surface area contributed by atoms with Crippen LogP contribution in [0.25, 0.3) is 0 Å². The molecule has 1 aromatic heterocycles. The number of aromatic nitrogens is 1. The lowest BCUT2D eigenvalue weighted by Crippen LogP contribution is -2.12. The highest BCUT2D eigenvalue weighted by atomic mass is 16.5. The maximum absolute atomic E-state index is 11.9. The number of nitrogens with one attached hydrogen (secondary N) is 1. The molecule has 0 fully saturated rings. The van der Waals surface area contributed by atoms with Crippen LogP contribution in [-0.4, -0.2) is 17.7 Å². The Hall–Kier alpha value is -2.30. The molecule has 5 nitrogen and oxygen atoms in total. The van der Waals surface area contributed by atoms with Gasteiger partial charge in [-0.25, -0.2) is 0 Å². The number of amides is 1. The number of ether oxygens (including phenoxy) is 1. The van der Waals surface area contributed by atoms with Crippen molar-refractivity contribution in [1.29, 1.82) is 0 Å². The molecule has 0 radical (unpaired) electrons. The van der Waals surface area contributed by atoms with Crippen LogP contribution >= 0.6 is 0 Å². The first kappa shape index (κ1) is 12.2. The summed E-state index contributed by atoms with van der Waals surface area (Å²) in [6, 6.07) is 8.60. The lowest BCUT2D eigenvalue weighted by Gasteiger charge is -2.06. The third-order valence-electron chi connectivity index (χ3n) is 2.25. The van der Waals surface area contributed by atoms with Crippen LogP contribution in [0.15, 0.2) is 41.1 Å². The molecule has 0 saturated heterocycles. The summed E-state index contributed by atoms with van der Waals surface area (Å²) in [5.74, 6) is 0.829. The summed E-state index contributed by atoms with van der Waals surface area (Å²) in [6.45, 7) is 2.66. The lowest BCUT2D eigenvalue weighted by atomic mass is 10.2. The molecule has 18 heavy (non-hydrogen) atoms. The second-order valence-corrected chi connectivity index (χ2v) is 3.72. The fraction of sp³-hybridized carbons (Fsp3) is 0.231. The van der Waals surface area contributed by atoms with Crippen molar-refractivity contribution in [2.45, 2.75) is 13.3 Å². The number of anilines is 1. The Labute approximate surface area is 105 Å². The topological polar surface area (TPSA) is 64.4 Å². The van der Waals surface area contributed by atoms with E-state index < -0.39 is 0 Å². The fourth-order valence-corrected chi connectivity index (χ4v) is 1.41. The van der Waals surface area contributed by atoms with E-state index in [1.54, 1.807) is 24.3 Å². The average molecular weight is 246 g/mol. The van der Waals surface area contributed by atoms with Crippen molar-refractivity contribution in [1.82, 2.24) is 5.16 Å². The summed E-state index contributed by atoms with van der Waals surface area (Å²) in [4.78, 5) is 11.9. The standard InChI is InChI=1S/C13H14N2O3/c1-2-7-17-11-5-3-4-10(9-11)13(16)14-12-6-8-18-15-12/h3-6,8-9H,2,7H2,1H3,(H,14,15,16). The van der Waals surface area contributed by atoms with Crippen molar-refractivity contribution in [3.05, 3.63) is 42.2 Å². The highest BCUT2D eigenvalue weighted by molar-refractivity contribution is 6.03. The molecule has 0 spiro atoms. The van der Waals surface area contributed by atoms with Gasteiger partial charge in [-0.1, -0.05) is 18.1 Å². The molecule has 1 heterocycles. The molecule has 94 valence electrons. The molecule has 1 aromatic carbocycles. The van der Waals surface area contributed by atoms with E-state index in [1.807, 2.05) is 13.0 Å². The molecule has 0 unspecified atom stereocenters. The van der Waals surface area contributed by atoms with Crippen molar-refractivity contribution in [3.63, 3.8) is 0 Å². The number of hydrogen-bond acceptors (Lipinski definition) is 4. The normalized spacial score (nSPS) is 10.1. The van der Waals surface area contributed by atoms with Gasteiger partial charge in [0.05, 0.1) is 6.61 Å². The van der Waals surface area contributed by atoms with Crippen molar-refractivity contribution >= 4 is 11.7 Å². The number of nitrogens with zero attached hydrogens (tertiary/aromatic N) is 1. The van der Waals surface area contributed by atoms with Gasteiger partial charge in [0.1, 0.15) is 12.0 Å². The molecule has 0 atom stereocenters. The van der Waals surface area contributed by atoms with Crippen molar-refractivity contribution < 1.29 is 14.1 Å². The molecular weight excluding hydrogens is 232 g/mol. The first-order chi connectivity index (χ1) is 8.79. The van der Waals surface area contributed by atoms with Crippen LogP contribution in [0.4, 0.5) is 5.82 Å². The van der Waals surface area contributed by atoms with Crippen LogP contribution in [0.5, 0.6) is 5.75 Å². The summed E-state index contributed by atoms with van der Waals surface area (Å²) in [7, 11) is 0. The van der Waals surface area contributed by atoms with E-state index in [0.29, 0.717) is 23.7 Å². The molecule has 0 aliphatic rings. The largest absolute Gasteiger partial charge is 0.494 e. The smallest absolute Gasteiger partial charge is 0.257 e. The Kier molecular flexibility index (Phi) is 3.96. The number of carbonyl (C=O) groups is 1. The summed E-state index contributed by atoms with van der Waals surface area (Å²) < 4.78 is 10.1. The van der Waals surface area contributed by atoms with Crippen LogP contribution < -0.4 is 10.1 Å². The van der Waals surface area contributed by atoms with E-state index in [2.05, 4.69) is 15.0 Å². The molecule has 5 heteroatoms. The maximum Gasteiger partial charge on any atom is 0.257 e. The highest BCUT2D eigenvalue weighted by Crippen LogP contribution is 2.15. The van der Waals surface area contributed by atoms with Crippen molar-refractivity contribution in [2.75, 3.05) is 11.9 Å². The molecule has 1 amide bonds. The Morgan fingerprint density at radius 3 is 3.06 bits per heavy atom. The summed E-state index contributed by atoms with van der Waals surface area (Å²) in [5.41, 5.74) is 0.520. The van der Waals surface area contributed by atoms with Gasteiger partial charge in [0.15, 0.2) is 5.82 Å². The summed E-state index contributed by atoms with van der Waals surface area (Å²) in [6.07, 6.45) is 2.33. The Bertz CT molecular complexity index is 509. The lowest BCUT2D eigenvalue weighted by molar-refractivity contribution is 0.102. The van der Waals surface area contributed by atoms with E-state index in [0.717, 1.165) is 6.42 Å². The minimum absolute atomic E-state index is 0.245. The molecule has 0 aliphatic heterocycles. The predicted molar refractivity (Wildman–Crippen MR) is 66.7 cm³/mol. The number of carbonyl (C=O) groups excluding carboxylic acids is 1. The van der Waals surface area contributed by atoms with Crippen LogP contribution in [0, 0.1) is 0 Å². The van der Waals surface area contributed by atoms with E-state index in [9.17, 15) is 4.79 Å². The van der Waals surface area contributed by atoms with Gasteiger partial charge < -0.3 is 14.6 Å². The zero-order valence-corrected chi connectivity index (χ0v) is 10.1. The van der Waals surface area contributed by atoms with E-state index in [4.69, 9.17) is 4.74 Å². The first-order valence-electron chi connectivity index (χ1n) is 5.74. The zero-order valence-electron chi connectivity index (χ0n) is 10.1. The van der Waals surface area contributed by atoms with Gasteiger partial charge >= 0.3 is 0 Å². The third kappa shape index (κ3) is 3.10.